The van der Waals surface area contributed by atoms with Crippen molar-refractivity contribution in [1.29, 1.82) is 0 Å². The van der Waals surface area contributed by atoms with Crippen molar-refractivity contribution in [3.63, 3.8) is 0 Å². The molecule has 0 heterocycles. The summed E-state index contributed by atoms with van der Waals surface area (Å²) in [4.78, 5) is 0. The molecule has 13 aromatic rings. The highest BCUT2D eigenvalue weighted by molar-refractivity contribution is 6.65. The minimum Gasteiger partial charge on any atom is -0.0504 e. The number of fused-ring (bicyclic) bond motifs is 1. The molecule has 10 aliphatic carbocycles. The molecule has 23 rings (SSSR count). The number of hydrogen-bond acceptors (Lipinski definition) is 0. The van der Waals surface area contributed by atoms with Gasteiger partial charge in [0.1, 0.15) is 0 Å². The van der Waals surface area contributed by atoms with Crippen LogP contribution in [0.1, 0.15) is 149 Å². The summed E-state index contributed by atoms with van der Waals surface area (Å²) in [6.07, 6.45) is 14.2. The molecule has 9 unspecified atom stereocenters. The molecule has 0 amide bonds. The van der Waals surface area contributed by atoms with Gasteiger partial charge in [0.05, 0.1) is 0 Å². The number of rotatable bonds is 0. The van der Waals surface area contributed by atoms with Crippen molar-refractivity contribution in [2.45, 2.75) is 106 Å². The van der Waals surface area contributed by atoms with Gasteiger partial charge in [0.15, 0.2) is 0 Å². The SMILES string of the molecule is c1c2c3c4c5c6c7c8c9c%10c%11c%12c9c6c6c4c4c9c3c1cc1cc3c%13c%14c%15c%16c(c%17c%12c6c(c%14%17)c4c%13c19)C%11C(CCC%10CCC8CC1CC2C=5C71)CC%16CCC%15C3. The smallest absolute Gasteiger partial charge is 0.0137 e. The van der Waals surface area contributed by atoms with Gasteiger partial charge >= 0.3 is 0 Å². The molecule has 57 heavy (non-hydrogen) atoms. The second kappa shape index (κ2) is 6.52. The van der Waals surface area contributed by atoms with E-state index in [0.717, 1.165) is 29.6 Å². The van der Waals surface area contributed by atoms with Crippen LogP contribution in [0.3, 0.4) is 0 Å². The lowest BCUT2D eigenvalue weighted by molar-refractivity contribution is 0.308. The minimum absolute atomic E-state index is 0.614. The van der Waals surface area contributed by atoms with Gasteiger partial charge in [0, 0.05) is 17.8 Å². The van der Waals surface area contributed by atoms with E-state index in [1.54, 1.807) is 113 Å². The highest BCUT2D eigenvalue weighted by Gasteiger charge is 2.57. The van der Waals surface area contributed by atoms with Gasteiger partial charge in [-0.1, -0.05) is 6.07 Å². The highest BCUT2D eigenvalue weighted by Crippen LogP contribution is 2.76. The van der Waals surface area contributed by atoms with Crippen LogP contribution in [0.5, 0.6) is 0 Å². The summed E-state index contributed by atoms with van der Waals surface area (Å²) in [7, 11) is 0. The predicted molar refractivity (Wildman–Crippen MR) is 235 cm³/mol. The molecule has 0 nitrogen and oxygen atoms in total. The monoisotopic (exact) mass is 716 g/mol. The Hall–Kier alpha value is -4.94. The fourth-order valence-electron chi connectivity index (χ4n) is 21.2. The van der Waals surface area contributed by atoms with Crippen LogP contribution >= 0.6 is 0 Å². The Morgan fingerprint density at radius 1 is 0.333 bits per heavy atom. The molecule has 0 radical (unpaired) electrons. The van der Waals surface area contributed by atoms with E-state index in [9.17, 15) is 0 Å². The molecule has 13 aromatic carbocycles. The molecule has 260 valence electrons. The summed E-state index contributed by atoms with van der Waals surface area (Å²) in [5.41, 5.74) is 18.8. The molecule has 0 bridgehead atoms. The Morgan fingerprint density at radius 2 is 0.895 bits per heavy atom. The van der Waals surface area contributed by atoms with Gasteiger partial charge in [-0.2, -0.15) is 0 Å². The van der Waals surface area contributed by atoms with Gasteiger partial charge in [-0.05, 0) is 302 Å². The lowest BCUT2D eigenvalue weighted by Crippen LogP contribution is -2.31. The van der Waals surface area contributed by atoms with Crippen LogP contribution in [-0.2, 0) is 6.42 Å². The lowest BCUT2D eigenvalue weighted by Gasteiger charge is -2.46. The van der Waals surface area contributed by atoms with E-state index in [0.29, 0.717) is 23.7 Å². The maximum absolute atomic E-state index is 2.78. The van der Waals surface area contributed by atoms with Crippen molar-refractivity contribution < 1.29 is 0 Å². The fraction of sp³-hybridized carbons (Fsp3) is 0.333. The van der Waals surface area contributed by atoms with E-state index >= 15 is 0 Å². The second-order valence-corrected chi connectivity index (χ2v) is 22.8. The van der Waals surface area contributed by atoms with Crippen LogP contribution in [-0.4, -0.2) is 0 Å². The molecule has 10 aliphatic rings. The Kier molecular flexibility index (Phi) is 2.83. The van der Waals surface area contributed by atoms with Crippen molar-refractivity contribution in [3.05, 3.63) is 73.5 Å². The van der Waals surface area contributed by atoms with E-state index in [4.69, 9.17) is 0 Å². The van der Waals surface area contributed by atoms with Crippen molar-refractivity contribution in [1.82, 2.24) is 0 Å². The summed E-state index contributed by atoms with van der Waals surface area (Å²) in [6.45, 7) is 0. The number of benzene rings is 9. The van der Waals surface area contributed by atoms with Crippen LogP contribution in [0.2, 0.25) is 0 Å². The molecule has 0 aliphatic heterocycles. The van der Waals surface area contributed by atoms with Gasteiger partial charge in [-0.15, -0.1) is 0 Å². The molecule has 0 aromatic heterocycles. The van der Waals surface area contributed by atoms with Gasteiger partial charge in [-0.25, -0.2) is 0 Å². The first-order chi connectivity index (χ1) is 28.3. The Bertz CT molecular complexity index is 4430. The molecular formula is C57H32. The average molecular weight is 717 g/mol. The summed E-state index contributed by atoms with van der Waals surface area (Å²) in [5, 5.41) is 43.6. The fourth-order valence-corrected chi connectivity index (χ4v) is 21.2. The van der Waals surface area contributed by atoms with Crippen LogP contribution < -0.4 is 5.22 Å². The summed E-state index contributed by atoms with van der Waals surface area (Å²) in [5.74, 6) is 6.49. The van der Waals surface area contributed by atoms with Crippen molar-refractivity contribution in [2.24, 2.45) is 11.8 Å². The maximum Gasteiger partial charge on any atom is 0.0137 e. The predicted octanol–water partition coefficient (Wildman–Crippen LogP) is 14.3. The lowest BCUT2D eigenvalue weighted by atomic mass is 9.57. The first kappa shape index (κ1) is 24.7. The summed E-state index contributed by atoms with van der Waals surface area (Å²) < 4.78 is 0. The molecule has 9 atom stereocenters. The van der Waals surface area contributed by atoms with E-state index in [1.807, 2.05) is 76.7 Å². The molecule has 1 saturated carbocycles. The average Bonchev–Trinajstić information content (AvgIpc) is 4.05. The normalized spacial score (nSPS) is 33.1. The Morgan fingerprint density at radius 3 is 1.77 bits per heavy atom. The maximum atomic E-state index is 2.78. The van der Waals surface area contributed by atoms with Crippen LogP contribution in [0.15, 0.2) is 18.2 Å². The quantitative estimate of drug-likeness (QED) is 0.108. The third kappa shape index (κ3) is 1.79. The molecule has 0 heteroatoms. The van der Waals surface area contributed by atoms with Gasteiger partial charge in [0.25, 0.3) is 0 Å². The molecule has 1 fully saturated rings. The minimum atomic E-state index is 0.614. The van der Waals surface area contributed by atoms with Crippen LogP contribution in [0.25, 0.3) is 135 Å². The molecular weight excluding hydrogens is 685 g/mol. The van der Waals surface area contributed by atoms with E-state index in [2.05, 4.69) is 18.2 Å². The molecule has 0 N–H and O–H groups in total. The second-order valence-electron chi connectivity index (χ2n) is 22.8. The van der Waals surface area contributed by atoms with Crippen molar-refractivity contribution in [3.8, 4) is 0 Å². The van der Waals surface area contributed by atoms with Crippen LogP contribution in [0.4, 0.5) is 0 Å². The third-order valence-electron chi connectivity index (χ3n) is 21.8. The largest absolute Gasteiger partial charge is 0.0504 e. The standard InChI is InChI=1S/C57H32/c1-3-16-7-15-5-6-17-8-19-10-20-11-22-13-24-23-12-21-9-18-4-2-14(1)25-36-28(16)38-26(15)27(17)39-32(19)42-33(20)41-31(22)35(24)44-43-34(23)30(21)40-29(18)37(25)46-47(36)54-48(38)49(39)55-51(42)50(41)52(44)56(57(54)55)53(46)45(40)43/h10-11,13-18,21,23,28,30H,1-9,12H2. The van der Waals surface area contributed by atoms with E-state index < -0.39 is 0 Å². The highest BCUT2D eigenvalue weighted by atomic mass is 14.6. The van der Waals surface area contributed by atoms with E-state index in [-0.39, 0.29) is 0 Å². The Balaban J connectivity index is 1.22. The van der Waals surface area contributed by atoms with Crippen molar-refractivity contribution in [2.75, 3.05) is 0 Å². The van der Waals surface area contributed by atoms with E-state index in [1.165, 1.54) is 64.2 Å². The first-order valence-corrected chi connectivity index (χ1v) is 23.4. The van der Waals surface area contributed by atoms with Gasteiger partial charge in [-0.3, -0.25) is 0 Å². The zero-order chi connectivity index (χ0) is 34.6. The van der Waals surface area contributed by atoms with Gasteiger partial charge < -0.3 is 0 Å². The molecule has 0 saturated heterocycles. The summed E-state index contributed by atoms with van der Waals surface area (Å²) in [6, 6.07) is 8.27. The first-order valence-electron chi connectivity index (χ1n) is 23.4. The molecule has 0 spiro atoms. The van der Waals surface area contributed by atoms with Crippen LogP contribution in [0, 0.1) is 11.8 Å². The zero-order valence-corrected chi connectivity index (χ0v) is 31.5. The number of hydrogen-bond donors (Lipinski definition) is 0. The topological polar surface area (TPSA) is 0 Å². The third-order valence-corrected chi connectivity index (χ3v) is 21.8. The van der Waals surface area contributed by atoms with Crippen molar-refractivity contribution >= 4 is 135 Å². The van der Waals surface area contributed by atoms with Gasteiger partial charge in [0.2, 0.25) is 0 Å². The Labute approximate surface area is 324 Å². The zero-order valence-electron chi connectivity index (χ0n) is 31.5. The summed E-state index contributed by atoms with van der Waals surface area (Å²) >= 11 is 0.